The van der Waals surface area contributed by atoms with Gasteiger partial charge in [0.15, 0.2) is 0 Å². The summed E-state index contributed by atoms with van der Waals surface area (Å²) in [4.78, 5) is 11.3. The van der Waals surface area contributed by atoms with Gasteiger partial charge in [0.25, 0.3) is 0 Å². The van der Waals surface area contributed by atoms with E-state index in [4.69, 9.17) is 32.7 Å². The zero-order valence-corrected chi connectivity index (χ0v) is 12.0. The fourth-order valence-corrected chi connectivity index (χ4v) is 1.70. The lowest BCUT2D eigenvalue weighted by atomic mass is 10.2. The van der Waals surface area contributed by atoms with Gasteiger partial charge in [0.05, 0.1) is 16.7 Å². The quantitative estimate of drug-likeness (QED) is 0.450. The van der Waals surface area contributed by atoms with E-state index < -0.39 is 5.97 Å². The fraction of sp³-hybridized carbons (Fsp3) is 0.214. The Morgan fingerprint density at radius 1 is 1.42 bits per heavy atom. The molecule has 0 aliphatic rings. The summed E-state index contributed by atoms with van der Waals surface area (Å²) in [7, 11) is 0. The zero-order valence-electron chi connectivity index (χ0n) is 10.5. The Bertz CT molecular complexity index is 496. The van der Waals surface area contributed by atoms with Crippen LogP contribution < -0.4 is 4.74 Å². The predicted molar refractivity (Wildman–Crippen MR) is 77.8 cm³/mol. The van der Waals surface area contributed by atoms with Gasteiger partial charge in [-0.1, -0.05) is 35.9 Å². The van der Waals surface area contributed by atoms with Crippen molar-refractivity contribution in [3.05, 3.63) is 46.5 Å². The van der Waals surface area contributed by atoms with Gasteiger partial charge in [-0.3, -0.25) is 0 Å². The summed E-state index contributed by atoms with van der Waals surface area (Å²) in [5.41, 5.74) is 0.532. The van der Waals surface area contributed by atoms with Crippen molar-refractivity contribution in [3.63, 3.8) is 0 Å². The van der Waals surface area contributed by atoms with Crippen LogP contribution in [0.2, 0.25) is 10.0 Å². The standard InChI is InChI=1S/C14H14Cl2O3/c1-3-9-19-12-7-6-11(15)14(16)10(12)5-8-13(17)18-4-2/h3,5-8H,1,4,9H2,2H3. The van der Waals surface area contributed by atoms with E-state index in [1.807, 2.05) is 0 Å². The van der Waals surface area contributed by atoms with Gasteiger partial charge < -0.3 is 9.47 Å². The molecule has 1 aromatic rings. The molecule has 5 heteroatoms. The highest BCUT2D eigenvalue weighted by atomic mass is 35.5. The number of esters is 1. The van der Waals surface area contributed by atoms with Crippen molar-refractivity contribution in [2.75, 3.05) is 13.2 Å². The third-order valence-corrected chi connectivity index (χ3v) is 2.94. The van der Waals surface area contributed by atoms with E-state index >= 15 is 0 Å². The summed E-state index contributed by atoms with van der Waals surface area (Å²) in [5, 5.41) is 0.708. The van der Waals surface area contributed by atoms with Gasteiger partial charge in [0.2, 0.25) is 0 Å². The predicted octanol–water partition coefficient (Wildman–Crippen LogP) is 4.13. The Morgan fingerprint density at radius 3 is 2.79 bits per heavy atom. The summed E-state index contributed by atoms with van der Waals surface area (Å²) >= 11 is 12.0. The van der Waals surface area contributed by atoms with Crippen LogP contribution in [0.4, 0.5) is 0 Å². The molecule has 0 atom stereocenters. The van der Waals surface area contributed by atoms with Gasteiger partial charge in [0.1, 0.15) is 12.4 Å². The molecule has 0 radical (unpaired) electrons. The van der Waals surface area contributed by atoms with E-state index in [2.05, 4.69) is 6.58 Å². The lowest BCUT2D eigenvalue weighted by Gasteiger charge is -2.10. The highest BCUT2D eigenvalue weighted by molar-refractivity contribution is 6.43. The highest BCUT2D eigenvalue weighted by Crippen LogP contribution is 2.34. The number of benzene rings is 1. The molecule has 102 valence electrons. The van der Waals surface area contributed by atoms with Crippen LogP contribution in [0.25, 0.3) is 6.08 Å². The Kier molecular flexibility index (Phi) is 6.46. The number of ether oxygens (including phenoxy) is 2. The van der Waals surface area contributed by atoms with Crippen molar-refractivity contribution in [1.82, 2.24) is 0 Å². The average molecular weight is 301 g/mol. The van der Waals surface area contributed by atoms with Gasteiger partial charge in [-0.05, 0) is 25.1 Å². The molecule has 0 aliphatic carbocycles. The SMILES string of the molecule is C=CCOc1ccc(Cl)c(Cl)c1C=CC(=O)OCC. The molecule has 1 aromatic carbocycles. The smallest absolute Gasteiger partial charge is 0.330 e. The summed E-state index contributed by atoms with van der Waals surface area (Å²) < 4.78 is 10.2. The van der Waals surface area contributed by atoms with Crippen molar-refractivity contribution >= 4 is 35.2 Å². The van der Waals surface area contributed by atoms with E-state index in [1.165, 1.54) is 12.2 Å². The first-order valence-electron chi connectivity index (χ1n) is 5.66. The minimum Gasteiger partial charge on any atom is -0.489 e. The fourth-order valence-electron chi connectivity index (χ4n) is 1.32. The molecule has 19 heavy (non-hydrogen) atoms. The van der Waals surface area contributed by atoms with Crippen molar-refractivity contribution in [2.24, 2.45) is 0 Å². The molecule has 0 aliphatic heterocycles. The molecule has 0 amide bonds. The van der Waals surface area contributed by atoms with Crippen LogP contribution in [0.15, 0.2) is 30.9 Å². The summed E-state index contributed by atoms with van der Waals surface area (Å²) in [5.74, 6) is 0.0723. The van der Waals surface area contributed by atoms with Gasteiger partial charge in [-0.15, -0.1) is 0 Å². The van der Waals surface area contributed by atoms with Crippen molar-refractivity contribution in [2.45, 2.75) is 6.92 Å². The van der Waals surface area contributed by atoms with Gasteiger partial charge in [0, 0.05) is 11.6 Å². The maximum atomic E-state index is 11.3. The van der Waals surface area contributed by atoms with E-state index in [0.717, 1.165) is 0 Å². The Balaban J connectivity index is 3.04. The topological polar surface area (TPSA) is 35.5 Å². The molecule has 0 unspecified atom stereocenters. The summed E-state index contributed by atoms with van der Waals surface area (Å²) in [6.07, 6.45) is 4.41. The van der Waals surface area contributed by atoms with Crippen molar-refractivity contribution in [3.8, 4) is 5.75 Å². The summed E-state index contributed by atoms with van der Waals surface area (Å²) in [6, 6.07) is 3.31. The van der Waals surface area contributed by atoms with Crippen molar-refractivity contribution < 1.29 is 14.3 Å². The van der Waals surface area contributed by atoms with Crippen LogP contribution in [0.3, 0.4) is 0 Å². The molecule has 0 bridgehead atoms. The van der Waals surface area contributed by atoms with Gasteiger partial charge in [-0.2, -0.15) is 0 Å². The maximum Gasteiger partial charge on any atom is 0.330 e. The Labute approximate surface area is 122 Å². The van der Waals surface area contributed by atoms with Crippen LogP contribution in [0.1, 0.15) is 12.5 Å². The second-order valence-electron chi connectivity index (χ2n) is 3.46. The van der Waals surface area contributed by atoms with Crippen LogP contribution in [-0.2, 0) is 9.53 Å². The molecule has 0 heterocycles. The first-order valence-corrected chi connectivity index (χ1v) is 6.42. The lowest BCUT2D eigenvalue weighted by Crippen LogP contribution is -1.99. The van der Waals surface area contributed by atoms with E-state index in [-0.39, 0.29) is 0 Å². The number of halogens is 2. The first-order chi connectivity index (χ1) is 9.10. The number of carbonyl (C=O) groups is 1. The van der Waals surface area contributed by atoms with E-state index in [9.17, 15) is 4.79 Å². The largest absolute Gasteiger partial charge is 0.489 e. The number of hydrogen-bond acceptors (Lipinski definition) is 3. The second kappa shape index (κ2) is 7.87. The van der Waals surface area contributed by atoms with Crippen LogP contribution in [0, 0.1) is 0 Å². The third-order valence-electron chi connectivity index (χ3n) is 2.12. The van der Waals surface area contributed by atoms with Crippen LogP contribution in [0.5, 0.6) is 5.75 Å². The molecule has 0 aromatic heterocycles. The van der Waals surface area contributed by atoms with E-state index in [0.29, 0.717) is 34.6 Å². The molecule has 0 fully saturated rings. The lowest BCUT2D eigenvalue weighted by molar-refractivity contribution is -0.137. The molecule has 1 rings (SSSR count). The zero-order chi connectivity index (χ0) is 14.3. The normalized spacial score (nSPS) is 10.5. The maximum absolute atomic E-state index is 11.3. The summed E-state index contributed by atoms with van der Waals surface area (Å²) in [6.45, 7) is 5.94. The van der Waals surface area contributed by atoms with Crippen molar-refractivity contribution in [1.29, 1.82) is 0 Å². The number of carbonyl (C=O) groups excluding carboxylic acids is 1. The molecule has 0 N–H and O–H groups in total. The first kappa shape index (κ1) is 15.6. The molecule has 0 spiro atoms. The minimum absolute atomic E-state index is 0.312. The number of hydrogen-bond donors (Lipinski definition) is 0. The second-order valence-corrected chi connectivity index (χ2v) is 4.24. The molecular weight excluding hydrogens is 287 g/mol. The van der Waals surface area contributed by atoms with Gasteiger partial charge in [-0.25, -0.2) is 4.79 Å². The van der Waals surface area contributed by atoms with Gasteiger partial charge >= 0.3 is 5.97 Å². The monoisotopic (exact) mass is 300 g/mol. The molecule has 0 saturated heterocycles. The molecule has 3 nitrogen and oxygen atoms in total. The minimum atomic E-state index is -0.451. The Morgan fingerprint density at radius 2 is 2.16 bits per heavy atom. The third kappa shape index (κ3) is 4.62. The average Bonchev–Trinajstić information content (AvgIpc) is 2.39. The highest BCUT2D eigenvalue weighted by Gasteiger charge is 2.10. The number of rotatable bonds is 6. The van der Waals surface area contributed by atoms with Crippen LogP contribution >= 0.6 is 23.2 Å². The molecule has 0 saturated carbocycles. The van der Waals surface area contributed by atoms with E-state index in [1.54, 1.807) is 25.1 Å². The molecular formula is C14H14Cl2O3. The van der Waals surface area contributed by atoms with Crippen LogP contribution in [-0.4, -0.2) is 19.2 Å². The Hall–Kier alpha value is -1.45.